The molecule has 26 heavy (non-hydrogen) atoms. The SMILES string of the molecule is CCN(CC)S(=O)(=O)c1cc(C(=O)Nc2nc3ccccc3[nH]2)n(C)c1. The van der Waals surface area contributed by atoms with Crippen molar-refractivity contribution in [2.45, 2.75) is 18.7 Å². The first kappa shape index (κ1) is 18.2. The molecule has 0 bridgehead atoms. The summed E-state index contributed by atoms with van der Waals surface area (Å²) in [6.07, 6.45) is 1.45. The van der Waals surface area contributed by atoms with Gasteiger partial charge < -0.3 is 9.55 Å². The molecular weight excluding hydrogens is 354 g/mol. The zero-order chi connectivity index (χ0) is 18.9. The van der Waals surface area contributed by atoms with Crippen molar-refractivity contribution in [2.24, 2.45) is 7.05 Å². The van der Waals surface area contributed by atoms with Crippen LogP contribution in [0.15, 0.2) is 41.4 Å². The van der Waals surface area contributed by atoms with Crippen molar-refractivity contribution in [3.05, 3.63) is 42.2 Å². The van der Waals surface area contributed by atoms with Crippen LogP contribution in [0.25, 0.3) is 11.0 Å². The van der Waals surface area contributed by atoms with Crippen molar-refractivity contribution in [3.8, 4) is 0 Å². The van der Waals surface area contributed by atoms with Gasteiger partial charge in [-0.1, -0.05) is 26.0 Å². The second kappa shape index (κ2) is 6.93. The lowest BCUT2D eigenvalue weighted by atomic mass is 10.3. The quantitative estimate of drug-likeness (QED) is 0.690. The van der Waals surface area contributed by atoms with Gasteiger partial charge in [-0.3, -0.25) is 10.1 Å². The molecule has 0 spiro atoms. The predicted octanol–water partition coefficient (Wildman–Crippen LogP) is 2.18. The number of nitrogens with one attached hydrogen (secondary N) is 2. The first-order valence-electron chi connectivity index (χ1n) is 8.29. The van der Waals surface area contributed by atoms with E-state index >= 15 is 0 Å². The van der Waals surface area contributed by atoms with Gasteiger partial charge in [0.05, 0.1) is 11.0 Å². The van der Waals surface area contributed by atoms with E-state index in [1.807, 2.05) is 24.3 Å². The van der Waals surface area contributed by atoms with Crippen molar-refractivity contribution >= 4 is 32.9 Å². The molecule has 1 aromatic carbocycles. The topological polar surface area (TPSA) is 100 Å². The number of para-hydroxylation sites is 2. The number of aryl methyl sites for hydroxylation is 1. The number of anilines is 1. The highest BCUT2D eigenvalue weighted by Crippen LogP contribution is 2.20. The van der Waals surface area contributed by atoms with E-state index in [1.165, 1.54) is 21.1 Å². The fourth-order valence-electron chi connectivity index (χ4n) is 2.80. The average Bonchev–Trinajstić information content (AvgIpc) is 3.18. The number of rotatable bonds is 6. The number of nitrogens with zero attached hydrogens (tertiary/aromatic N) is 3. The maximum absolute atomic E-state index is 12.6. The number of imidazole rings is 1. The normalized spacial score (nSPS) is 12.0. The van der Waals surface area contributed by atoms with Crippen molar-refractivity contribution < 1.29 is 13.2 Å². The summed E-state index contributed by atoms with van der Waals surface area (Å²) in [5, 5.41) is 2.68. The number of hydrogen-bond donors (Lipinski definition) is 2. The lowest BCUT2D eigenvalue weighted by Crippen LogP contribution is -2.30. The molecule has 3 aromatic rings. The first-order valence-corrected chi connectivity index (χ1v) is 9.73. The molecule has 0 saturated heterocycles. The number of amides is 1. The van der Waals surface area contributed by atoms with Gasteiger partial charge in [-0.25, -0.2) is 13.4 Å². The molecule has 0 atom stereocenters. The van der Waals surface area contributed by atoms with Crippen LogP contribution in [-0.4, -0.2) is 46.3 Å². The van der Waals surface area contributed by atoms with Crippen LogP contribution >= 0.6 is 0 Å². The standard InChI is InChI=1S/C17H21N5O3S/c1-4-22(5-2)26(24,25)12-10-15(21(3)11-12)16(23)20-17-18-13-8-6-7-9-14(13)19-17/h6-11H,4-5H2,1-3H3,(H2,18,19,20,23). The maximum atomic E-state index is 12.6. The molecule has 0 aliphatic rings. The Labute approximate surface area is 151 Å². The van der Waals surface area contributed by atoms with Crippen LogP contribution in [0.5, 0.6) is 0 Å². The fourth-order valence-corrected chi connectivity index (χ4v) is 4.33. The van der Waals surface area contributed by atoms with Gasteiger partial charge in [-0.05, 0) is 18.2 Å². The summed E-state index contributed by atoms with van der Waals surface area (Å²) >= 11 is 0. The minimum atomic E-state index is -3.62. The lowest BCUT2D eigenvalue weighted by Gasteiger charge is -2.17. The van der Waals surface area contributed by atoms with Crippen LogP contribution in [-0.2, 0) is 17.1 Å². The third kappa shape index (κ3) is 3.23. The number of benzene rings is 1. The summed E-state index contributed by atoms with van der Waals surface area (Å²) < 4.78 is 28.1. The Morgan fingerprint density at radius 2 is 1.96 bits per heavy atom. The van der Waals surface area contributed by atoms with Gasteiger partial charge >= 0.3 is 0 Å². The Hall–Kier alpha value is -2.65. The summed E-state index contributed by atoms with van der Waals surface area (Å²) in [5.41, 5.74) is 1.77. The highest BCUT2D eigenvalue weighted by Gasteiger charge is 2.25. The molecule has 2 heterocycles. The highest BCUT2D eigenvalue weighted by molar-refractivity contribution is 7.89. The molecule has 2 aromatic heterocycles. The summed E-state index contributed by atoms with van der Waals surface area (Å²) in [5.74, 6) is -0.127. The molecule has 0 unspecified atom stereocenters. The molecule has 0 saturated carbocycles. The van der Waals surface area contributed by atoms with E-state index in [0.29, 0.717) is 19.0 Å². The molecule has 8 nitrogen and oxygen atoms in total. The number of carbonyl (C=O) groups excluding carboxylic acids is 1. The van der Waals surface area contributed by atoms with Gasteiger partial charge in [-0.15, -0.1) is 0 Å². The molecule has 1 amide bonds. The molecular formula is C17H21N5O3S. The summed E-state index contributed by atoms with van der Waals surface area (Å²) in [7, 11) is -1.99. The molecule has 0 fully saturated rings. The number of hydrogen-bond acceptors (Lipinski definition) is 4. The average molecular weight is 375 g/mol. The zero-order valence-corrected chi connectivity index (χ0v) is 15.7. The summed E-state index contributed by atoms with van der Waals surface area (Å²) in [6, 6.07) is 8.80. The largest absolute Gasteiger partial charge is 0.345 e. The Kier molecular flexibility index (Phi) is 4.84. The van der Waals surface area contributed by atoms with Crippen molar-refractivity contribution in [2.75, 3.05) is 18.4 Å². The predicted molar refractivity (Wildman–Crippen MR) is 99.6 cm³/mol. The van der Waals surface area contributed by atoms with Gasteiger partial charge in [0.1, 0.15) is 10.6 Å². The molecule has 3 rings (SSSR count). The monoisotopic (exact) mass is 375 g/mol. The van der Waals surface area contributed by atoms with Crippen molar-refractivity contribution in [1.82, 2.24) is 18.8 Å². The van der Waals surface area contributed by atoms with Crippen LogP contribution < -0.4 is 5.32 Å². The number of aromatic nitrogens is 3. The number of sulfonamides is 1. The second-order valence-corrected chi connectivity index (χ2v) is 7.76. The summed E-state index contributed by atoms with van der Waals surface area (Å²) in [6.45, 7) is 4.29. The van der Waals surface area contributed by atoms with Gasteiger partial charge in [0.25, 0.3) is 5.91 Å². The highest BCUT2D eigenvalue weighted by atomic mass is 32.2. The van der Waals surface area contributed by atoms with E-state index in [4.69, 9.17) is 0 Å². The van der Waals surface area contributed by atoms with Crippen molar-refractivity contribution in [3.63, 3.8) is 0 Å². The van der Waals surface area contributed by atoms with E-state index in [0.717, 1.165) is 11.0 Å². The maximum Gasteiger partial charge on any atom is 0.274 e. The smallest absolute Gasteiger partial charge is 0.274 e. The minimum absolute atomic E-state index is 0.0958. The van der Waals surface area contributed by atoms with Crippen LogP contribution in [0.2, 0.25) is 0 Å². The summed E-state index contributed by atoms with van der Waals surface area (Å²) in [4.78, 5) is 20.0. The van der Waals surface area contributed by atoms with Crippen LogP contribution in [0.3, 0.4) is 0 Å². The number of carbonyl (C=O) groups is 1. The Balaban J connectivity index is 1.87. The number of fused-ring (bicyclic) bond motifs is 1. The molecule has 2 N–H and O–H groups in total. The van der Waals surface area contributed by atoms with E-state index in [2.05, 4.69) is 15.3 Å². The minimum Gasteiger partial charge on any atom is -0.345 e. The van der Waals surface area contributed by atoms with E-state index < -0.39 is 15.9 Å². The Morgan fingerprint density at radius 1 is 1.27 bits per heavy atom. The third-order valence-corrected chi connectivity index (χ3v) is 6.19. The van der Waals surface area contributed by atoms with E-state index in [1.54, 1.807) is 20.9 Å². The van der Waals surface area contributed by atoms with E-state index in [-0.39, 0.29) is 10.6 Å². The molecule has 9 heteroatoms. The fraction of sp³-hybridized carbons (Fsp3) is 0.294. The van der Waals surface area contributed by atoms with Crippen molar-refractivity contribution in [1.29, 1.82) is 0 Å². The van der Waals surface area contributed by atoms with Gasteiger partial charge in [0.15, 0.2) is 0 Å². The number of H-pyrrole nitrogens is 1. The van der Waals surface area contributed by atoms with Crippen LogP contribution in [0.4, 0.5) is 5.95 Å². The van der Waals surface area contributed by atoms with Crippen LogP contribution in [0.1, 0.15) is 24.3 Å². The zero-order valence-electron chi connectivity index (χ0n) is 14.9. The van der Waals surface area contributed by atoms with Crippen LogP contribution in [0, 0.1) is 0 Å². The second-order valence-electron chi connectivity index (χ2n) is 5.82. The Morgan fingerprint density at radius 3 is 2.62 bits per heavy atom. The first-order chi connectivity index (χ1) is 12.4. The van der Waals surface area contributed by atoms with Gasteiger partial charge in [0.2, 0.25) is 16.0 Å². The van der Waals surface area contributed by atoms with Gasteiger partial charge in [-0.2, -0.15) is 4.31 Å². The number of aromatic amines is 1. The molecule has 0 radical (unpaired) electrons. The Bertz CT molecular complexity index is 1010. The lowest BCUT2D eigenvalue weighted by molar-refractivity contribution is 0.101. The molecule has 0 aliphatic carbocycles. The third-order valence-electron chi connectivity index (χ3n) is 4.18. The molecule has 0 aliphatic heterocycles. The van der Waals surface area contributed by atoms with E-state index in [9.17, 15) is 13.2 Å². The molecule has 138 valence electrons. The van der Waals surface area contributed by atoms with Gasteiger partial charge in [0, 0.05) is 26.3 Å².